The van der Waals surface area contributed by atoms with Crippen LogP contribution in [0.2, 0.25) is 10.0 Å². The van der Waals surface area contributed by atoms with E-state index < -0.39 is 0 Å². The summed E-state index contributed by atoms with van der Waals surface area (Å²) in [5.74, 6) is -0.306. The molecule has 1 aliphatic heterocycles. The summed E-state index contributed by atoms with van der Waals surface area (Å²) in [5.41, 5.74) is 0.482. The summed E-state index contributed by atoms with van der Waals surface area (Å²) in [4.78, 5) is 2.22. The molecule has 1 heterocycles. The molecule has 2 rings (SSSR count). The fraction of sp³-hybridized carbons (Fsp3) is 0.429. The van der Waals surface area contributed by atoms with Crippen molar-refractivity contribution in [2.45, 2.75) is 12.5 Å². The highest BCUT2D eigenvalue weighted by molar-refractivity contribution is 6.42. The molecule has 0 aliphatic carbocycles. The standard InChI is InChI=1S/C14H17Cl2FN2.ClH/c1-2-3-12(19-8-6-18-7-9-19)13-11(17)5-4-10(15)14(13)16;/h2,4-5,12,18H,1,3,6-9H2;1H/t12-;/m1./s1. The van der Waals surface area contributed by atoms with Crippen LogP contribution in [0.1, 0.15) is 18.0 Å². The Labute approximate surface area is 135 Å². The Balaban J connectivity index is 0.00000200. The third kappa shape index (κ3) is 3.86. The summed E-state index contributed by atoms with van der Waals surface area (Å²) in [7, 11) is 0. The van der Waals surface area contributed by atoms with E-state index in [9.17, 15) is 4.39 Å². The third-order valence-corrected chi connectivity index (χ3v) is 4.21. The lowest BCUT2D eigenvalue weighted by molar-refractivity contribution is 0.171. The first kappa shape index (κ1) is 17.7. The zero-order chi connectivity index (χ0) is 13.8. The zero-order valence-electron chi connectivity index (χ0n) is 11.0. The van der Waals surface area contributed by atoms with Crippen molar-refractivity contribution >= 4 is 35.6 Å². The van der Waals surface area contributed by atoms with E-state index >= 15 is 0 Å². The van der Waals surface area contributed by atoms with E-state index in [1.165, 1.54) is 12.1 Å². The van der Waals surface area contributed by atoms with E-state index in [2.05, 4.69) is 16.8 Å². The minimum Gasteiger partial charge on any atom is -0.314 e. The SMILES string of the molecule is C=CC[C@H](c1c(F)ccc(Cl)c1Cl)N1CCNCC1.Cl. The average molecular weight is 340 g/mol. The van der Waals surface area contributed by atoms with Crippen LogP contribution in [0.25, 0.3) is 0 Å². The lowest BCUT2D eigenvalue weighted by Crippen LogP contribution is -2.45. The van der Waals surface area contributed by atoms with E-state index in [1.807, 2.05) is 0 Å². The van der Waals surface area contributed by atoms with Crippen LogP contribution in [0.3, 0.4) is 0 Å². The van der Waals surface area contributed by atoms with Crippen LogP contribution in [0, 0.1) is 5.82 Å². The molecule has 1 atom stereocenters. The minimum atomic E-state index is -0.306. The zero-order valence-corrected chi connectivity index (χ0v) is 13.4. The smallest absolute Gasteiger partial charge is 0.129 e. The predicted molar refractivity (Wildman–Crippen MR) is 85.7 cm³/mol. The van der Waals surface area contributed by atoms with Crippen molar-refractivity contribution in [3.8, 4) is 0 Å². The topological polar surface area (TPSA) is 15.3 Å². The Hall–Kier alpha value is -0.320. The molecule has 1 aromatic rings. The van der Waals surface area contributed by atoms with Crippen LogP contribution in [0.4, 0.5) is 4.39 Å². The monoisotopic (exact) mass is 338 g/mol. The van der Waals surface area contributed by atoms with Crippen molar-refractivity contribution in [2.75, 3.05) is 26.2 Å². The number of nitrogens with one attached hydrogen (secondary N) is 1. The Kier molecular flexibility index (Phi) is 7.27. The van der Waals surface area contributed by atoms with Gasteiger partial charge in [-0.2, -0.15) is 0 Å². The van der Waals surface area contributed by atoms with Gasteiger partial charge in [0.05, 0.1) is 10.0 Å². The van der Waals surface area contributed by atoms with Gasteiger partial charge in [0.2, 0.25) is 0 Å². The molecule has 1 fully saturated rings. The Morgan fingerprint density at radius 3 is 2.60 bits per heavy atom. The molecule has 0 unspecified atom stereocenters. The predicted octanol–water partition coefficient (Wildman–Crippen LogP) is 4.08. The molecular weight excluding hydrogens is 322 g/mol. The second kappa shape index (κ2) is 8.20. The lowest BCUT2D eigenvalue weighted by atomic mass is 10.0. The molecule has 6 heteroatoms. The molecule has 0 amide bonds. The van der Waals surface area contributed by atoms with Crippen molar-refractivity contribution in [2.24, 2.45) is 0 Å². The molecule has 1 aliphatic rings. The van der Waals surface area contributed by atoms with Crippen LogP contribution in [-0.2, 0) is 0 Å². The van der Waals surface area contributed by atoms with Gasteiger partial charge < -0.3 is 5.32 Å². The van der Waals surface area contributed by atoms with Gasteiger partial charge in [-0.05, 0) is 18.6 Å². The molecule has 0 saturated carbocycles. The van der Waals surface area contributed by atoms with Gasteiger partial charge in [-0.25, -0.2) is 4.39 Å². The quantitative estimate of drug-likeness (QED) is 0.657. The molecule has 20 heavy (non-hydrogen) atoms. The molecule has 0 bridgehead atoms. The highest BCUT2D eigenvalue weighted by Crippen LogP contribution is 2.36. The Bertz CT molecular complexity index is 462. The van der Waals surface area contributed by atoms with Gasteiger partial charge in [0, 0.05) is 37.8 Å². The van der Waals surface area contributed by atoms with E-state index in [0.29, 0.717) is 22.0 Å². The lowest BCUT2D eigenvalue weighted by Gasteiger charge is -2.35. The van der Waals surface area contributed by atoms with Gasteiger partial charge in [0.15, 0.2) is 0 Å². The largest absolute Gasteiger partial charge is 0.314 e. The molecule has 2 nitrogen and oxygen atoms in total. The van der Waals surface area contributed by atoms with Crippen molar-refractivity contribution in [3.05, 3.63) is 46.2 Å². The summed E-state index contributed by atoms with van der Waals surface area (Å²) in [6.45, 7) is 7.28. The summed E-state index contributed by atoms with van der Waals surface area (Å²) in [5, 5.41) is 3.99. The van der Waals surface area contributed by atoms with E-state index in [4.69, 9.17) is 23.2 Å². The first-order valence-corrected chi connectivity index (χ1v) is 7.09. The number of piperazine rings is 1. The molecular formula is C14H18Cl3FN2. The van der Waals surface area contributed by atoms with Crippen LogP contribution in [0.15, 0.2) is 24.8 Å². The minimum absolute atomic E-state index is 0. The average Bonchev–Trinajstić information content (AvgIpc) is 2.43. The van der Waals surface area contributed by atoms with Gasteiger partial charge in [-0.3, -0.25) is 4.90 Å². The van der Waals surface area contributed by atoms with Crippen LogP contribution < -0.4 is 5.32 Å². The van der Waals surface area contributed by atoms with Crippen LogP contribution in [-0.4, -0.2) is 31.1 Å². The van der Waals surface area contributed by atoms with Crippen LogP contribution in [0.5, 0.6) is 0 Å². The summed E-state index contributed by atoms with van der Waals surface area (Å²) >= 11 is 12.2. The van der Waals surface area contributed by atoms with Crippen LogP contribution >= 0.6 is 35.6 Å². The van der Waals surface area contributed by atoms with E-state index in [-0.39, 0.29) is 24.3 Å². The number of hydrogen-bond acceptors (Lipinski definition) is 2. The first-order chi connectivity index (χ1) is 9.15. The number of nitrogens with zero attached hydrogens (tertiary/aromatic N) is 1. The van der Waals surface area contributed by atoms with Crippen molar-refractivity contribution < 1.29 is 4.39 Å². The summed E-state index contributed by atoms with van der Waals surface area (Å²) in [6, 6.07) is 2.76. The maximum atomic E-state index is 14.1. The summed E-state index contributed by atoms with van der Waals surface area (Å²) < 4.78 is 14.1. The van der Waals surface area contributed by atoms with E-state index in [1.54, 1.807) is 6.08 Å². The number of halogens is 4. The van der Waals surface area contributed by atoms with Crippen molar-refractivity contribution in [1.82, 2.24) is 10.2 Å². The number of hydrogen-bond donors (Lipinski definition) is 1. The fourth-order valence-corrected chi connectivity index (χ4v) is 2.89. The molecule has 112 valence electrons. The fourth-order valence-electron chi connectivity index (χ4n) is 2.45. The third-order valence-electron chi connectivity index (χ3n) is 3.39. The molecule has 0 spiro atoms. The first-order valence-electron chi connectivity index (χ1n) is 6.34. The Morgan fingerprint density at radius 1 is 1.35 bits per heavy atom. The number of rotatable bonds is 4. The van der Waals surface area contributed by atoms with Crippen molar-refractivity contribution in [1.29, 1.82) is 0 Å². The van der Waals surface area contributed by atoms with Gasteiger partial charge in [-0.15, -0.1) is 19.0 Å². The second-order valence-electron chi connectivity index (χ2n) is 4.58. The Morgan fingerprint density at radius 2 is 2.00 bits per heavy atom. The highest BCUT2D eigenvalue weighted by atomic mass is 35.5. The van der Waals surface area contributed by atoms with Gasteiger partial charge >= 0.3 is 0 Å². The molecule has 1 N–H and O–H groups in total. The maximum absolute atomic E-state index is 14.1. The molecule has 0 radical (unpaired) electrons. The second-order valence-corrected chi connectivity index (χ2v) is 5.37. The molecule has 1 aromatic carbocycles. The van der Waals surface area contributed by atoms with Crippen molar-refractivity contribution in [3.63, 3.8) is 0 Å². The highest BCUT2D eigenvalue weighted by Gasteiger charge is 2.26. The van der Waals surface area contributed by atoms with Gasteiger partial charge in [0.25, 0.3) is 0 Å². The summed E-state index contributed by atoms with van der Waals surface area (Å²) in [6.07, 6.45) is 2.44. The van der Waals surface area contributed by atoms with Gasteiger partial charge in [-0.1, -0.05) is 29.3 Å². The molecule has 0 aromatic heterocycles. The number of benzene rings is 1. The normalized spacial score (nSPS) is 17.4. The van der Waals surface area contributed by atoms with E-state index in [0.717, 1.165) is 26.2 Å². The molecule has 1 saturated heterocycles. The van der Waals surface area contributed by atoms with Gasteiger partial charge in [0.1, 0.15) is 5.82 Å². The maximum Gasteiger partial charge on any atom is 0.129 e.